The highest BCUT2D eigenvalue weighted by Gasteiger charge is 2.14. The van der Waals surface area contributed by atoms with E-state index in [0.29, 0.717) is 0 Å². The summed E-state index contributed by atoms with van der Waals surface area (Å²) in [6, 6.07) is 17.1. The Balaban J connectivity index is 2.05. The van der Waals surface area contributed by atoms with E-state index in [2.05, 4.69) is 56.4 Å². The average molecular weight is 283 g/mol. The molecule has 2 atom stereocenters. The fourth-order valence-electron chi connectivity index (χ4n) is 2.74. The van der Waals surface area contributed by atoms with Crippen LogP contribution in [0.4, 0.5) is 0 Å². The van der Waals surface area contributed by atoms with E-state index in [1.54, 1.807) is 0 Å². The third kappa shape index (κ3) is 4.42. The predicted molar refractivity (Wildman–Crippen MR) is 88.5 cm³/mol. The summed E-state index contributed by atoms with van der Waals surface area (Å²) in [5.41, 5.74) is 5.11. The Hall–Kier alpha value is -1.64. The maximum absolute atomic E-state index is 9.64. The van der Waals surface area contributed by atoms with Gasteiger partial charge >= 0.3 is 0 Å². The lowest BCUT2D eigenvalue weighted by molar-refractivity contribution is 0.232. The zero-order valence-electron chi connectivity index (χ0n) is 13.1. The molecule has 0 radical (unpaired) electrons. The van der Waals surface area contributed by atoms with Crippen LogP contribution in [0.25, 0.3) is 0 Å². The number of hydrogen-bond acceptors (Lipinski definition) is 2. The Kier molecular flexibility index (Phi) is 5.54. The van der Waals surface area contributed by atoms with Gasteiger partial charge in [-0.25, -0.2) is 0 Å². The number of benzene rings is 2. The molecule has 2 N–H and O–H groups in total. The van der Waals surface area contributed by atoms with Gasteiger partial charge in [0.2, 0.25) is 0 Å². The molecular weight excluding hydrogens is 258 g/mol. The van der Waals surface area contributed by atoms with Gasteiger partial charge in [-0.05, 0) is 43.9 Å². The molecule has 0 spiro atoms. The topological polar surface area (TPSA) is 32.3 Å². The van der Waals surface area contributed by atoms with E-state index in [1.807, 2.05) is 18.2 Å². The number of nitrogens with one attached hydrogen (secondary N) is 1. The second kappa shape index (κ2) is 7.39. The van der Waals surface area contributed by atoms with E-state index in [1.165, 1.54) is 22.3 Å². The molecule has 2 aromatic rings. The summed E-state index contributed by atoms with van der Waals surface area (Å²) in [5, 5.41) is 13.2. The van der Waals surface area contributed by atoms with Gasteiger partial charge in [0.1, 0.15) is 0 Å². The molecular formula is C19H25NO. The molecule has 2 rings (SSSR count). The van der Waals surface area contributed by atoms with E-state index >= 15 is 0 Å². The van der Waals surface area contributed by atoms with E-state index in [-0.39, 0.29) is 18.7 Å². The van der Waals surface area contributed by atoms with E-state index in [0.717, 1.165) is 6.42 Å². The largest absolute Gasteiger partial charge is 0.395 e. The third-order valence-electron chi connectivity index (χ3n) is 3.93. The molecule has 0 heterocycles. The molecule has 1 unspecified atom stereocenters. The van der Waals surface area contributed by atoms with Gasteiger partial charge in [-0.1, -0.05) is 54.1 Å². The van der Waals surface area contributed by atoms with Crippen molar-refractivity contribution in [3.05, 3.63) is 70.8 Å². The van der Waals surface area contributed by atoms with Crippen molar-refractivity contribution in [2.45, 2.75) is 39.3 Å². The van der Waals surface area contributed by atoms with Crippen molar-refractivity contribution in [1.29, 1.82) is 0 Å². The Labute approximate surface area is 127 Å². The number of aliphatic hydroxyl groups is 1. The van der Waals surface area contributed by atoms with Crippen molar-refractivity contribution in [1.82, 2.24) is 5.32 Å². The van der Waals surface area contributed by atoms with Crippen molar-refractivity contribution in [2.24, 2.45) is 0 Å². The smallest absolute Gasteiger partial charge is 0.0588 e. The van der Waals surface area contributed by atoms with Gasteiger partial charge in [-0.2, -0.15) is 0 Å². The Morgan fingerprint density at radius 2 is 1.76 bits per heavy atom. The van der Waals surface area contributed by atoms with E-state index < -0.39 is 0 Å². The highest BCUT2D eigenvalue weighted by atomic mass is 16.3. The van der Waals surface area contributed by atoms with Gasteiger partial charge in [0.05, 0.1) is 6.61 Å². The summed E-state index contributed by atoms with van der Waals surface area (Å²) in [7, 11) is 0. The van der Waals surface area contributed by atoms with Gasteiger partial charge in [0.15, 0.2) is 0 Å². The second-order valence-corrected chi connectivity index (χ2v) is 5.82. The molecule has 0 fully saturated rings. The van der Waals surface area contributed by atoms with Gasteiger partial charge < -0.3 is 10.4 Å². The summed E-state index contributed by atoms with van der Waals surface area (Å²) < 4.78 is 0. The molecule has 21 heavy (non-hydrogen) atoms. The van der Waals surface area contributed by atoms with Crippen LogP contribution >= 0.6 is 0 Å². The van der Waals surface area contributed by atoms with Crippen molar-refractivity contribution in [2.75, 3.05) is 6.61 Å². The molecule has 0 aliphatic rings. The van der Waals surface area contributed by atoms with Crippen molar-refractivity contribution in [3.8, 4) is 0 Å². The van der Waals surface area contributed by atoms with Crippen molar-refractivity contribution < 1.29 is 5.11 Å². The average Bonchev–Trinajstić information content (AvgIpc) is 2.50. The quantitative estimate of drug-likeness (QED) is 0.849. The van der Waals surface area contributed by atoms with Gasteiger partial charge in [0.25, 0.3) is 0 Å². The Morgan fingerprint density at radius 3 is 2.43 bits per heavy atom. The normalized spacial score (nSPS) is 13.9. The van der Waals surface area contributed by atoms with Crippen LogP contribution in [-0.2, 0) is 6.42 Å². The van der Waals surface area contributed by atoms with Crippen molar-refractivity contribution >= 4 is 0 Å². The molecule has 0 saturated carbocycles. The van der Waals surface area contributed by atoms with Crippen LogP contribution in [0.5, 0.6) is 0 Å². The van der Waals surface area contributed by atoms with Crippen LogP contribution in [0.1, 0.15) is 35.2 Å². The lowest BCUT2D eigenvalue weighted by atomic mass is 9.98. The summed E-state index contributed by atoms with van der Waals surface area (Å²) in [6.07, 6.45) is 0.840. The number of rotatable bonds is 6. The van der Waals surface area contributed by atoms with Crippen LogP contribution in [0.3, 0.4) is 0 Å². The molecule has 0 amide bonds. The van der Waals surface area contributed by atoms with Crippen LogP contribution < -0.4 is 5.32 Å². The van der Waals surface area contributed by atoms with Crippen LogP contribution in [0.2, 0.25) is 0 Å². The SMILES string of the molecule is Cc1ccc(C)c(C(C)N[C@H](CO)Cc2ccccc2)c1. The molecule has 0 aliphatic heterocycles. The number of hydrogen-bond donors (Lipinski definition) is 2. The Morgan fingerprint density at radius 1 is 1.05 bits per heavy atom. The number of aryl methyl sites for hydroxylation is 2. The van der Waals surface area contributed by atoms with Crippen LogP contribution in [0.15, 0.2) is 48.5 Å². The molecule has 0 bridgehead atoms. The lowest BCUT2D eigenvalue weighted by Crippen LogP contribution is -2.36. The van der Waals surface area contributed by atoms with Gasteiger partial charge in [-0.3, -0.25) is 0 Å². The first-order valence-corrected chi connectivity index (χ1v) is 7.58. The van der Waals surface area contributed by atoms with E-state index in [9.17, 15) is 5.11 Å². The minimum Gasteiger partial charge on any atom is -0.395 e. The zero-order chi connectivity index (χ0) is 15.2. The maximum atomic E-state index is 9.64. The first-order valence-electron chi connectivity index (χ1n) is 7.58. The molecule has 2 nitrogen and oxygen atoms in total. The monoisotopic (exact) mass is 283 g/mol. The third-order valence-corrected chi connectivity index (χ3v) is 3.93. The molecule has 0 saturated heterocycles. The predicted octanol–water partition coefficient (Wildman–Crippen LogP) is 3.56. The molecule has 112 valence electrons. The van der Waals surface area contributed by atoms with Gasteiger partial charge in [-0.15, -0.1) is 0 Å². The minimum atomic E-state index is 0.0716. The lowest BCUT2D eigenvalue weighted by Gasteiger charge is -2.23. The first kappa shape index (κ1) is 15.7. The highest BCUT2D eigenvalue weighted by Crippen LogP contribution is 2.20. The summed E-state index contributed by atoms with van der Waals surface area (Å²) in [5.74, 6) is 0. The molecule has 2 heteroatoms. The second-order valence-electron chi connectivity index (χ2n) is 5.82. The zero-order valence-corrected chi connectivity index (χ0v) is 13.1. The fraction of sp³-hybridized carbons (Fsp3) is 0.368. The summed E-state index contributed by atoms with van der Waals surface area (Å²) in [4.78, 5) is 0. The highest BCUT2D eigenvalue weighted by molar-refractivity contribution is 5.32. The molecule has 2 aromatic carbocycles. The molecule has 0 aromatic heterocycles. The number of aliphatic hydroxyl groups excluding tert-OH is 1. The van der Waals surface area contributed by atoms with Crippen molar-refractivity contribution in [3.63, 3.8) is 0 Å². The van der Waals surface area contributed by atoms with E-state index in [4.69, 9.17) is 0 Å². The standard InChI is InChI=1S/C19H25NO/c1-14-9-10-15(2)19(11-14)16(3)20-18(13-21)12-17-7-5-4-6-8-17/h4-11,16,18,20-21H,12-13H2,1-3H3/t16?,18-/m0/s1. The fourth-order valence-corrected chi connectivity index (χ4v) is 2.74. The Bertz CT molecular complexity index is 565. The summed E-state index contributed by atoms with van der Waals surface area (Å²) in [6.45, 7) is 6.56. The molecule has 0 aliphatic carbocycles. The minimum absolute atomic E-state index is 0.0716. The maximum Gasteiger partial charge on any atom is 0.0588 e. The van der Waals surface area contributed by atoms with Gasteiger partial charge in [0, 0.05) is 12.1 Å². The van der Waals surface area contributed by atoms with Crippen LogP contribution in [0, 0.1) is 13.8 Å². The first-order chi connectivity index (χ1) is 10.1. The van der Waals surface area contributed by atoms with Crippen LogP contribution in [-0.4, -0.2) is 17.8 Å². The summed E-state index contributed by atoms with van der Waals surface area (Å²) >= 11 is 0.